The van der Waals surface area contributed by atoms with Crippen molar-refractivity contribution in [1.29, 1.82) is 0 Å². The molecular formula is C48H50Br4N2O6. The zero-order chi connectivity index (χ0) is 43.3. The molecule has 12 heteroatoms. The minimum Gasteiger partial charge on any atom is -0.346 e. The number of hydrogen-bond acceptors (Lipinski definition) is 6. The van der Waals surface area contributed by atoms with Gasteiger partial charge in [-0.3, -0.25) is 28.8 Å². The predicted molar refractivity (Wildman–Crippen MR) is 250 cm³/mol. The van der Waals surface area contributed by atoms with E-state index < -0.39 is 0 Å². The quantitative estimate of drug-likeness (QED) is 0.193. The van der Waals surface area contributed by atoms with Gasteiger partial charge in [-0.25, -0.2) is 0 Å². The average molecular weight is 1070 g/mol. The molecule has 0 saturated heterocycles. The van der Waals surface area contributed by atoms with Crippen LogP contribution in [0.4, 0.5) is 0 Å². The Morgan fingerprint density at radius 3 is 1.48 bits per heavy atom. The Bertz CT molecular complexity index is 2220. The van der Waals surface area contributed by atoms with Gasteiger partial charge in [0.05, 0.1) is 12.1 Å². The van der Waals surface area contributed by atoms with Crippen LogP contribution in [0, 0.1) is 0 Å². The molecule has 0 spiro atoms. The van der Waals surface area contributed by atoms with Gasteiger partial charge in [0.15, 0.2) is 23.1 Å². The Labute approximate surface area is 386 Å². The lowest BCUT2D eigenvalue weighted by molar-refractivity contribution is -0.120. The molecule has 4 aromatic carbocycles. The molecule has 316 valence electrons. The number of amides is 2. The summed E-state index contributed by atoms with van der Waals surface area (Å²) in [4.78, 5) is 70.0. The van der Waals surface area contributed by atoms with Gasteiger partial charge < -0.3 is 10.6 Å². The second-order valence-electron chi connectivity index (χ2n) is 15.4. The molecule has 0 radical (unpaired) electrons. The van der Waals surface area contributed by atoms with E-state index in [2.05, 4.69) is 80.4 Å². The van der Waals surface area contributed by atoms with Gasteiger partial charge in [0.25, 0.3) is 0 Å². The van der Waals surface area contributed by atoms with E-state index in [9.17, 15) is 28.8 Å². The van der Waals surface area contributed by atoms with E-state index in [0.717, 1.165) is 115 Å². The van der Waals surface area contributed by atoms with Crippen LogP contribution < -0.4 is 10.6 Å². The number of halogens is 4. The molecule has 0 aromatic heterocycles. The Hall–Kier alpha value is -3.58. The van der Waals surface area contributed by atoms with Gasteiger partial charge in [-0.15, -0.1) is 0 Å². The van der Waals surface area contributed by atoms with Gasteiger partial charge in [0.2, 0.25) is 11.8 Å². The summed E-state index contributed by atoms with van der Waals surface area (Å²) >= 11 is 13.7. The van der Waals surface area contributed by atoms with Crippen LogP contribution in [-0.2, 0) is 35.3 Å². The maximum Gasteiger partial charge on any atom is 0.217 e. The van der Waals surface area contributed by atoms with Gasteiger partial charge in [-0.05, 0) is 136 Å². The van der Waals surface area contributed by atoms with Crippen LogP contribution >= 0.6 is 63.7 Å². The number of Topliss-reactive ketones (excluding diaryl/α,β-unsaturated/α-hetero) is 4. The van der Waals surface area contributed by atoms with Crippen molar-refractivity contribution >= 4 is 98.7 Å². The summed E-state index contributed by atoms with van der Waals surface area (Å²) < 4.78 is 3.96. The molecule has 2 N–H and O–H groups in total. The van der Waals surface area contributed by atoms with Crippen LogP contribution in [0.3, 0.4) is 0 Å². The van der Waals surface area contributed by atoms with E-state index in [-0.39, 0.29) is 35.5 Å². The minimum absolute atomic E-state index is 0.0222. The molecule has 0 saturated carbocycles. The molecule has 60 heavy (non-hydrogen) atoms. The molecule has 0 bridgehead atoms. The number of carbonyl (C=O) groups excluding carboxylic acids is 6. The van der Waals surface area contributed by atoms with Crippen molar-refractivity contribution < 1.29 is 28.8 Å². The molecule has 0 heterocycles. The molecule has 4 aromatic rings. The Morgan fingerprint density at radius 2 is 0.900 bits per heavy atom. The monoisotopic (exact) mass is 1070 g/mol. The van der Waals surface area contributed by atoms with E-state index >= 15 is 0 Å². The zero-order valence-corrected chi connectivity index (χ0v) is 40.3. The van der Waals surface area contributed by atoms with Gasteiger partial charge in [-0.2, -0.15) is 0 Å². The third-order valence-corrected chi connectivity index (χ3v) is 13.4. The highest BCUT2D eigenvalue weighted by atomic mass is 79.9. The highest BCUT2D eigenvalue weighted by Gasteiger charge is 2.28. The van der Waals surface area contributed by atoms with E-state index in [1.54, 1.807) is 0 Å². The Morgan fingerprint density at radius 1 is 0.483 bits per heavy atom. The third-order valence-electron chi connectivity index (χ3n) is 10.9. The fourth-order valence-electron chi connectivity index (χ4n) is 7.98. The number of aryl methyl sites for hydroxylation is 2. The van der Waals surface area contributed by atoms with Crippen LogP contribution in [-0.4, -0.2) is 47.0 Å². The lowest BCUT2D eigenvalue weighted by Crippen LogP contribution is -2.39. The Balaban J connectivity index is 0.000000153. The summed E-state index contributed by atoms with van der Waals surface area (Å²) in [7, 11) is 0. The SMILES string of the molecule is CC(=O)NC1CCCc2c(Br)cccc2C1=O.CC(=O)NC1CCCc2ccc(Br)cc2C1=O.O=C1CCCCc2c(Br)cccc21.O=C1CCCCc2ccc(Br)cc21. The number of rotatable bonds is 2. The molecule has 2 unspecified atom stereocenters. The summed E-state index contributed by atoms with van der Waals surface area (Å²) in [5.74, 6) is 0.342. The average Bonchev–Trinajstić information content (AvgIpc) is 3.65. The van der Waals surface area contributed by atoms with Crippen LogP contribution in [0.25, 0.3) is 0 Å². The van der Waals surface area contributed by atoms with Crippen LogP contribution in [0.15, 0.2) is 90.7 Å². The summed E-state index contributed by atoms with van der Waals surface area (Å²) in [6.45, 7) is 2.89. The van der Waals surface area contributed by atoms with E-state index in [1.165, 1.54) is 25.0 Å². The fraction of sp³-hybridized carbons (Fsp3) is 0.375. The molecule has 8 rings (SSSR count). The molecular weight excluding hydrogens is 1020 g/mol. The maximum atomic E-state index is 12.3. The van der Waals surface area contributed by atoms with Crippen molar-refractivity contribution in [2.45, 2.75) is 116 Å². The number of hydrogen-bond donors (Lipinski definition) is 2. The highest BCUT2D eigenvalue weighted by molar-refractivity contribution is 9.11. The summed E-state index contributed by atoms with van der Waals surface area (Å²) in [5, 5.41) is 5.46. The normalized spacial score (nSPS) is 18.2. The van der Waals surface area contributed by atoms with Gasteiger partial charge in [-0.1, -0.05) is 100 Å². The molecule has 4 aliphatic carbocycles. The van der Waals surface area contributed by atoms with Crippen molar-refractivity contribution in [1.82, 2.24) is 10.6 Å². The first-order chi connectivity index (χ1) is 28.7. The first-order valence-electron chi connectivity index (χ1n) is 20.5. The van der Waals surface area contributed by atoms with Crippen molar-refractivity contribution in [2.75, 3.05) is 0 Å². The predicted octanol–water partition coefficient (Wildman–Crippen LogP) is 11.7. The summed E-state index contributed by atoms with van der Waals surface area (Å²) in [6, 6.07) is 22.6. The minimum atomic E-state index is -0.372. The largest absolute Gasteiger partial charge is 0.346 e. The lowest BCUT2D eigenvalue weighted by atomic mass is 10.0. The molecule has 4 aliphatic rings. The molecule has 8 nitrogen and oxygen atoms in total. The maximum absolute atomic E-state index is 12.3. The third kappa shape index (κ3) is 13.2. The van der Waals surface area contributed by atoms with Crippen LogP contribution in [0.5, 0.6) is 0 Å². The van der Waals surface area contributed by atoms with Crippen LogP contribution in [0.2, 0.25) is 0 Å². The molecule has 2 atom stereocenters. The van der Waals surface area contributed by atoms with Crippen molar-refractivity contribution in [3.8, 4) is 0 Å². The van der Waals surface area contributed by atoms with Crippen molar-refractivity contribution in [3.05, 3.63) is 135 Å². The molecule has 0 fully saturated rings. The smallest absolute Gasteiger partial charge is 0.217 e. The first-order valence-corrected chi connectivity index (χ1v) is 23.7. The van der Waals surface area contributed by atoms with Gasteiger partial charge in [0.1, 0.15) is 0 Å². The summed E-state index contributed by atoms with van der Waals surface area (Å²) in [6.07, 6.45) is 12.8. The number of benzene rings is 4. The zero-order valence-electron chi connectivity index (χ0n) is 33.9. The number of carbonyl (C=O) groups is 6. The standard InChI is InChI=1S/2C13H14BrNO2.2C11H11BrO/c1-8(16)15-12-7-3-4-9-10(13(12)17)5-2-6-11(9)14;1-8(16)15-12-4-2-3-9-5-6-10(14)7-11(9)13(12)17;12-10-6-3-5-9-8(10)4-1-2-7-11(9)13;12-9-6-5-8-3-1-2-4-11(13)10(8)7-9/h2,5-6,12H,3-4,7H2,1H3,(H,15,16);5-7,12H,2-4H2,1H3,(H,15,16);3,5-6H,1-2,4,7H2;5-7H,1-4H2. The highest BCUT2D eigenvalue weighted by Crippen LogP contribution is 2.29. The van der Waals surface area contributed by atoms with E-state index in [1.807, 2.05) is 66.7 Å². The number of fused-ring (bicyclic) bond motifs is 4. The molecule has 2 amide bonds. The van der Waals surface area contributed by atoms with Crippen LogP contribution in [0.1, 0.15) is 142 Å². The second-order valence-corrected chi connectivity index (χ2v) is 19.0. The fourth-order valence-corrected chi connectivity index (χ4v) is 9.83. The van der Waals surface area contributed by atoms with Gasteiger partial charge >= 0.3 is 0 Å². The second kappa shape index (κ2) is 23.0. The van der Waals surface area contributed by atoms with Crippen molar-refractivity contribution in [3.63, 3.8) is 0 Å². The van der Waals surface area contributed by atoms with Gasteiger partial charge in [0, 0.05) is 66.8 Å². The lowest BCUT2D eigenvalue weighted by Gasteiger charge is -2.14. The van der Waals surface area contributed by atoms with E-state index in [4.69, 9.17) is 0 Å². The summed E-state index contributed by atoms with van der Waals surface area (Å²) in [5.41, 5.74) is 7.86. The topological polar surface area (TPSA) is 126 Å². The molecule has 0 aliphatic heterocycles. The number of nitrogens with one attached hydrogen (secondary N) is 2. The first kappa shape index (κ1) is 47.5. The van der Waals surface area contributed by atoms with E-state index in [0.29, 0.717) is 37.2 Å². The Kier molecular flexibility index (Phi) is 18.2. The number of ketones is 4. The van der Waals surface area contributed by atoms with Crippen molar-refractivity contribution in [2.24, 2.45) is 0 Å².